The van der Waals surface area contributed by atoms with E-state index in [9.17, 15) is 19.6 Å². The molecule has 0 aliphatic carbocycles. The van der Waals surface area contributed by atoms with E-state index >= 15 is 0 Å². The van der Waals surface area contributed by atoms with E-state index in [0.717, 1.165) is 24.0 Å². The lowest BCUT2D eigenvalue weighted by Crippen LogP contribution is -2.54. The quantitative estimate of drug-likeness (QED) is 0.105. The van der Waals surface area contributed by atoms with Crippen molar-refractivity contribution in [2.75, 3.05) is 25.7 Å². The molecule has 0 saturated carbocycles. The van der Waals surface area contributed by atoms with Crippen molar-refractivity contribution in [1.29, 1.82) is 10.7 Å². The summed E-state index contributed by atoms with van der Waals surface area (Å²) < 4.78 is 12.2. The van der Waals surface area contributed by atoms with Crippen LogP contribution < -0.4 is 9.47 Å². The molecule has 0 saturated heterocycles. The first kappa shape index (κ1) is 28.2. The maximum Gasteiger partial charge on any atom is 0.336 e. The Bertz CT molecular complexity index is 1680. The molecule has 2 heterocycles. The van der Waals surface area contributed by atoms with Crippen molar-refractivity contribution in [2.24, 2.45) is 5.92 Å². The lowest BCUT2D eigenvalue weighted by Gasteiger charge is -2.32. The Morgan fingerprint density at radius 3 is 2.55 bits per heavy atom. The van der Waals surface area contributed by atoms with E-state index in [1.54, 1.807) is 36.7 Å². The predicted molar refractivity (Wildman–Crippen MR) is 151 cm³/mol. The fourth-order valence-corrected chi connectivity index (χ4v) is 5.47. The number of hydrogen-bond donors (Lipinski definition) is 1. The smallest absolute Gasteiger partial charge is 0.336 e. The Labute approximate surface area is 238 Å². The molecule has 1 aromatic heterocycles. The molecule has 1 unspecified atom stereocenters. The van der Waals surface area contributed by atoms with Crippen molar-refractivity contribution in [3.63, 3.8) is 0 Å². The molecule has 0 fully saturated rings. The number of rotatable bonds is 8. The zero-order chi connectivity index (χ0) is 29.0. The number of anilines is 1. The standard InChI is InChI=1S/C30H24BrN4O5/c1-4-12-35-24-10-9-22(31)14-23(24)30(29(35)38,21(16-32)17-33)27(28(37)40-3)25(15-26(36)39-2)34-13-11-19-7-5-6-8-20(19)18-34/h4-11,13-15,18,27,32H,1,12H2,2-3H3/q+1/b25-15+/t27?,30-/m1/s1. The normalized spacial score (nSPS) is 16.9. The number of nitriles is 1. The number of esters is 2. The van der Waals surface area contributed by atoms with E-state index in [1.807, 2.05) is 30.3 Å². The van der Waals surface area contributed by atoms with Crippen LogP contribution >= 0.6 is 15.9 Å². The lowest BCUT2D eigenvalue weighted by molar-refractivity contribution is -0.584. The number of methoxy groups -OCH3 is 2. The minimum Gasteiger partial charge on any atom is -0.468 e. The highest BCUT2D eigenvalue weighted by atomic mass is 79.9. The van der Waals surface area contributed by atoms with Gasteiger partial charge in [0.1, 0.15) is 17.1 Å². The van der Waals surface area contributed by atoms with Crippen LogP contribution in [0.3, 0.4) is 0 Å². The average molecular weight is 600 g/mol. The van der Waals surface area contributed by atoms with Crippen molar-refractivity contribution in [1.82, 2.24) is 0 Å². The zero-order valence-electron chi connectivity index (χ0n) is 21.7. The molecule has 200 valence electrons. The van der Waals surface area contributed by atoms with E-state index in [-0.39, 0.29) is 17.8 Å². The number of nitrogens with one attached hydrogen (secondary N) is 1. The number of aromatic nitrogens is 1. The second-order valence-electron chi connectivity index (χ2n) is 8.82. The van der Waals surface area contributed by atoms with Crippen molar-refractivity contribution >= 4 is 61.8 Å². The molecule has 40 heavy (non-hydrogen) atoms. The third kappa shape index (κ3) is 4.51. The number of carbonyl (C=O) groups excluding carboxylic acids is 3. The first-order chi connectivity index (χ1) is 19.3. The summed E-state index contributed by atoms with van der Waals surface area (Å²) in [7, 11) is 2.33. The van der Waals surface area contributed by atoms with Gasteiger partial charge >= 0.3 is 11.9 Å². The number of nitrogens with zero attached hydrogens (tertiary/aromatic N) is 3. The van der Waals surface area contributed by atoms with Gasteiger partial charge in [-0.15, -0.1) is 6.58 Å². The molecule has 1 aliphatic heterocycles. The van der Waals surface area contributed by atoms with Gasteiger partial charge in [0, 0.05) is 28.2 Å². The molecule has 1 N–H and O–H groups in total. The van der Waals surface area contributed by atoms with Gasteiger partial charge in [0.25, 0.3) is 0 Å². The van der Waals surface area contributed by atoms with Crippen LogP contribution in [0.25, 0.3) is 16.5 Å². The molecule has 1 amide bonds. The molecule has 2 atom stereocenters. The summed E-state index contributed by atoms with van der Waals surface area (Å²) in [6.07, 6.45) is 5.91. The van der Waals surface area contributed by atoms with Gasteiger partial charge in [0.15, 0.2) is 18.3 Å². The summed E-state index contributed by atoms with van der Waals surface area (Å²) >= 11 is 3.43. The molecule has 3 aromatic rings. The largest absolute Gasteiger partial charge is 0.468 e. The third-order valence-corrected chi connectivity index (χ3v) is 7.31. The maximum absolute atomic E-state index is 14.5. The van der Waals surface area contributed by atoms with Crippen LogP contribution in [0.4, 0.5) is 5.69 Å². The van der Waals surface area contributed by atoms with Gasteiger partial charge < -0.3 is 14.4 Å². The molecule has 1 aliphatic rings. The predicted octanol–water partition coefficient (Wildman–Crippen LogP) is 3.86. The second kappa shape index (κ2) is 11.5. The van der Waals surface area contributed by atoms with Gasteiger partial charge in [0.05, 0.1) is 20.3 Å². The number of benzene rings is 2. The first-order valence-electron chi connectivity index (χ1n) is 12.0. The van der Waals surface area contributed by atoms with Crippen LogP contribution in [0, 0.1) is 22.7 Å². The highest BCUT2D eigenvalue weighted by molar-refractivity contribution is 9.10. The fourth-order valence-electron chi connectivity index (χ4n) is 5.11. The van der Waals surface area contributed by atoms with Crippen molar-refractivity contribution in [3.8, 4) is 6.07 Å². The van der Waals surface area contributed by atoms with Gasteiger partial charge in [-0.25, -0.2) is 4.79 Å². The van der Waals surface area contributed by atoms with Crippen LogP contribution in [0.15, 0.2) is 89.7 Å². The summed E-state index contributed by atoms with van der Waals surface area (Å²) in [5.41, 5.74) is -1.89. The molecule has 10 heteroatoms. The summed E-state index contributed by atoms with van der Waals surface area (Å²) in [5, 5.41) is 20.0. The van der Waals surface area contributed by atoms with Crippen LogP contribution in [-0.4, -0.2) is 44.5 Å². The van der Waals surface area contributed by atoms with Gasteiger partial charge in [-0.05, 0) is 41.1 Å². The summed E-state index contributed by atoms with van der Waals surface area (Å²) in [6, 6.07) is 16.2. The summed E-state index contributed by atoms with van der Waals surface area (Å²) in [4.78, 5) is 42.5. The summed E-state index contributed by atoms with van der Waals surface area (Å²) in [5.74, 6) is -1.91. The van der Waals surface area contributed by atoms with Gasteiger partial charge in [-0.2, -0.15) is 9.83 Å². The van der Waals surface area contributed by atoms with Gasteiger partial charge in [0.2, 0.25) is 11.6 Å². The number of halogens is 1. The number of hydrogen-bond acceptors (Lipinski definition) is 7. The monoisotopic (exact) mass is 599 g/mol. The molecule has 9 nitrogen and oxygen atoms in total. The van der Waals surface area contributed by atoms with Crippen LogP contribution in [0.2, 0.25) is 0 Å². The van der Waals surface area contributed by atoms with E-state index in [2.05, 4.69) is 28.4 Å². The van der Waals surface area contributed by atoms with Crippen molar-refractivity contribution in [3.05, 3.63) is 95.3 Å². The third-order valence-electron chi connectivity index (χ3n) is 6.82. The Hall–Kier alpha value is -4.84. The molecule has 0 radical (unpaired) electrons. The number of carbonyl (C=O) groups is 3. The Balaban J connectivity index is 2.18. The Morgan fingerprint density at radius 2 is 1.93 bits per heavy atom. The minimum absolute atomic E-state index is 0.00724. The van der Waals surface area contributed by atoms with E-state index in [0.29, 0.717) is 10.2 Å². The minimum atomic E-state index is -2.12. The molecule has 4 rings (SSSR count). The van der Waals surface area contributed by atoms with Crippen LogP contribution in [0.5, 0.6) is 0 Å². The zero-order valence-corrected chi connectivity index (χ0v) is 23.3. The number of pyridine rings is 1. The molecular weight excluding hydrogens is 576 g/mol. The van der Waals surface area contributed by atoms with E-state index in [4.69, 9.17) is 14.9 Å². The molecule has 2 aromatic carbocycles. The lowest BCUT2D eigenvalue weighted by atomic mass is 9.65. The topological polar surface area (TPSA) is 124 Å². The fraction of sp³-hybridized carbons (Fsp3) is 0.167. The SMILES string of the molecule is C=CCN1C(=O)[C@@](C(=C=N)C#N)(C(C(=O)OC)/C(=C\C(=O)OC)[n+]2ccc3ccccc3c2)c2cc(Br)ccc21. The van der Waals surface area contributed by atoms with Crippen LogP contribution in [0.1, 0.15) is 5.56 Å². The summed E-state index contributed by atoms with van der Waals surface area (Å²) in [6.45, 7) is 3.80. The van der Waals surface area contributed by atoms with E-state index in [1.165, 1.54) is 22.7 Å². The first-order valence-corrected chi connectivity index (χ1v) is 12.8. The number of ether oxygens (including phenoxy) is 2. The van der Waals surface area contributed by atoms with Gasteiger partial charge in [-0.3, -0.25) is 15.0 Å². The van der Waals surface area contributed by atoms with E-state index < -0.39 is 34.8 Å². The Morgan fingerprint density at radius 1 is 1.20 bits per heavy atom. The average Bonchev–Trinajstić information content (AvgIpc) is 3.20. The second-order valence-corrected chi connectivity index (χ2v) is 9.73. The van der Waals surface area contributed by atoms with Crippen molar-refractivity contribution in [2.45, 2.75) is 5.41 Å². The highest BCUT2D eigenvalue weighted by Gasteiger charge is 2.64. The van der Waals surface area contributed by atoms with Gasteiger partial charge in [-0.1, -0.05) is 40.2 Å². The molecule has 0 bridgehead atoms. The Kier molecular flexibility index (Phi) is 8.10. The van der Waals surface area contributed by atoms with Crippen molar-refractivity contribution < 1.29 is 28.4 Å². The number of amides is 1. The molecule has 0 spiro atoms. The number of fused-ring (bicyclic) bond motifs is 2. The maximum atomic E-state index is 14.5. The van der Waals surface area contributed by atoms with Crippen LogP contribution in [-0.2, 0) is 29.3 Å². The molecular formula is C30H24BrN4O5+. The highest BCUT2D eigenvalue weighted by Crippen LogP contribution is 2.53.